The van der Waals surface area contributed by atoms with Gasteiger partial charge in [0.1, 0.15) is 5.82 Å². The fraction of sp³-hybridized carbons (Fsp3) is 0.133. The first-order chi connectivity index (χ1) is 9.61. The van der Waals surface area contributed by atoms with Crippen LogP contribution in [0.5, 0.6) is 0 Å². The summed E-state index contributed by atoms with van der Waals surface area (Å²) in [6, 6.07) is 11.3. The van der Waals surface area contributed by atoms with Crippen LogP contribution in [0.3, 0.4) is 0 Å². The second-order valence-corrected chi connectivity index (χ2v) is 4.53. The quantitative estimate of drug-likeness (QED) is 0.870. The second-order valence-electron chi connectivity index (χ2n) is 4.13. The van der Waals surface area contributed by atoms with Crippen LogP contribution in [0, 0.1) is 5.82 Å². The predicted octanol–water partition coefficient (Wildman–Crippen LogP) is 3.88. The molecule has 0 bridgehead atoms. The van der Waals surface area contributed by atoms with Crippen molar-refractivity contribution >= 4 is 23.3 Å². The summed E-state index contributed by atoms with van der Waals surface area (Å²) in [5.74, 6) is -0.785. The Hall–Kier alpha value is -2.07. The molecule has 2 aromatic rings. The fourth-order valence-corrected chi connectivity index (χ4v) is 2.00. The highest BCUT2D eigenvalue weighted by atomic mass is 35.5. The normalized spacial score (nSPS) is 10.2. The molecule has 3 nitrogen and oxygen atoms in total. The van der Waals surface area contributed by atoms with Gasteiger partial charge in [0.25, 0.3) is 0 Å². The monoisotopic (exact) mass is 293 g/mol. The van der Waals surface area contributed by atoms with Gasteiger partial charge in [0, 0.05) is 22.8 Å². The molecule has 0 aromatic heterocycles. The third-order valence-corrected chi connectivity index (χ3v) is 3.17. The van der Waals surface area contributed by atoms with Crippen molar-refractivity contribution in [1.82, 2.24) is 0 Å². The topological polar surface area (TPSA) is 38.3 Å². The van der Waals surface area contributed by atoms with Gasteiger partial charge in [-0.15, -0.1) is 0 Å². The smallest absolute Gasteiger partial charge is 0.337 e. The van der Waals surface area contributed by atoms with Crippen molar-refractivity contribution < 1.29 is 13.9 Å². The summed E-state index contributed by atoms with van der Waals surface area (Å²) in [6.45, 7) is 0.232. The highest BCUT2D eigenvalue weighted by molar-refractivity contribution is 6.31. The lowest BCUT2D eigenvalue weighted by atomic mass is 10.1. The molecular formula is C15H13ClFNO2. The summed E-state index contributed by atoms with van der Waals surface area (Å²) in [5, 5.41) is 3.39. The Labute approximate surface area is 121 Å². The largest absolute Gasteiger partial charge is 0.465 e. The van der Waals surface area contributed by atoms with Gasteiger partial charge in [0.05, 0.1) is 12.7 Å². The van der Waals surface area contributed by atoms with Crippen LogP contribution in [0.25, 0.3) is 0 Å². The zero-order valence-electron chi connectivity index (χ0n) is 10.8. The first-order valence-corrected chi connectivity index (χ1v) is 6.34. The maximum Gasteiger partial charge on any atom is 0.337 e. The van der Waals surface area contributed by atoms with Crippen molar-refractivity contribution in [2.24, 2.45) is 0 Å². The van der Waals surface area contributed by atoms with Gasteiger partial charge in [-0.25, -0.2) is 9.18 Å². The van der Waals surface area contributed by atoms with E-state index in [4.69, 9.17) is 11.6 Å². The molecule has 5 heteroatoms. The lowest BCUT2D eigenvalue weighted by Crippen LogP contribution is -2.05. The number of halogens is 2. The van der Waals surface area contributed by atoms with Crippen LogP contribution in [-0.4, -0.2) is 13.1 Å². The van der Waals surface area contributed by atoms with Gasteiger partial charge in [-0.2, -0.15) is 0 Å². The van der Waals surface area contributed by atoms with Crippen molar-refractivity contribution in [2.75, 3.05) is 12.4 Å². The van der Waals surface area contributed by atoms with Crippen molar-refractivity contribution in [3.63, 3.8) is 0 Å². The van der Waals surface area contributed by atoms with Gasteiger partial charge in [0.15, 0.2) is 0 Å². The maximum absolute atomic E-state index is 13.6. The predicted molar refractivity (Wildman–Crippen MR) is 76.5 cm³/mol. The number of methoxy groups -OCH3 is 1. The number of ether oxygens (including phenoxy) is 1. The van der Waals surface area contributed by atoms with Crippen LogP contribution in [0.2, 0.25) is 5.02 Å². The van der Waals surface area contributed by atoms with E-state index in [-0.39, 0.29) is 12.4 Å². The summed E-state index contributed by atoms with van der Waals surface area (Å²) in [5.41, 5.74) is 1.50. The maximum atomic E-state index is 13.6. The van der Waals surface area contributed by atoms with Crippen molar-refractivity contribution in [3.8, 4) is 0 Å². The molecule has 2 rings (SSSR count). The van der Waals surface area contributed by atoms with E-state index in [1.807, 2.05) is 0 Å². The molecular weight excluding hydrogens is 281 g/mol. The molecule has 0 aliphatic rings. The van der Waals surface area contributed by atoms with Gasteiger partial charge < -0.3 is 10.1 Å². The van der Waals surface area contributed by atoms with Crippen molar-refractivity contribution in [2.45, 2.75) is 6.54 Å². The van der Waals surface area contributed by atoms with Crippen LogP contribution in [0.4, 0.5) is 10.1 Å². The zero-order chi connectivity index (χ0) is 14.5. The Balaban J connectivity index is 2.13. The van der Waals surface area contributed by atoms with E-state index >= 15 is 0 Å². The number of esters is 1. The SMILES string of the molecule is COC(=O)c1cccc(NCc2c(F)cccc2Cl)c1. The van der Waals surface area contributed by atoms with E-state index in [1.165, 1.54) is 13.2 Å². The Kier molecular flexibility index (Phi) is 4.58. The molecule has 0 amide bonds. The average molecular weight is 294 g/mol. The van der Waals surface area contributed by atoms with Crippen molar-refractivity contribution in [1.29, 1.82) is 0 Å². The molecule has 1 N–H and O–H groups in total. The number of carbonyl (C=O) groups is 1. The van der Waals surface area contributed by atoms with Gasteiger partial charge in [-0.05, 0) is 30.3 Å². The lowest BCUT2D eigenvalue weighted by Gasteiger charge is -2.10. The minimum atomic E-state index is -0.419. The summed E-state index contributed by atoms with van der Waals surface area (Å²) in [4.78, 5) is 11.4. The first kappa shape index (κ1) is 14.3. The third kappa shape index (κ3) is 3.27. The van der Waals surface area contributed by atoms with Crippen LogP contribution in [-0.2, 0) is 11.3 Å². The van der Waals surface area contributed by atoms with E-state index in [2.05, 4.69) is 10.1 Å². The van der Waals surface area contributed by atoms with E-state index in [1.54, 1.807) is 36.4 Å². The molecule has 2 aromatic carbocycles. The highest BCUT2D eigenvalue weighted by Gasteiger charge is 2.08. The van der Waals surface area contributed by atoms with E-state index < -0.39 is 5.97 Å². The number of hydrogen-bond acceptors (Lipinski definition) is 3. The number of nitrogens with one attached hydrogen (secondary N) is 1. The van der Waals surface area contributed by atoms with Crippen LogP contribution in [0.15, 0.2) is 42.5 Å². The number of hydrogen-bond donors (Lipinski definition) is 1. The molecule has 0 spiro atoms. The van der Waals surface area contributed by atoms with Gasteiger partial charge in [-0.3, -0.25) is 0 Å². The number of anilines is 1. The van der Waals surface area contributed by atoms with Gasteiger partial charge >= 0.3 is 5.97 Å². The van der Waals surface area contributed by atoms with E-state index in [0.717, 1.165) is 0 Å². The summed E-state index contributed by atoms with van der Waals surface area (Å²) in [7, 11) is 1.32. The molecule has 20 heavy (non-hydrogen) atoms. The van der Waals surface area contributed by atoms with E-state index in [0.29, 0.717) is 21.8 Å². The van der Waals surface area contributed by atoms with Crippen molar-refractivity contribution in [3.05, 3.63) is 64.4 Å². The minimum absolute atomic E-state index is 0.232. The average Bonchev–Trinajstić information content (AvgIpc) is 2.46. The fourth-order valence-electron chi connectivity index (χ4n) is 1.77. The molecule has 0 heterocycles. The minimum Gasteiger partial charge on any atom is -0.465 e. The highest BCUT2D eigenvalue weighted by Crippen LogP contribution is 2.20. The molecule has 0 fully saturated rings. The van der Waals surface area contributed by atoms with Gasteiger partial charge in [0.2, 0.25) is 0 Å². The molecule has 0 saturated carbocycles. The molecule has 0 unspecified atom stereocenters. The molecule has 0 radical (unpaired) electrons. The Morgan fingerprint density at radius 3 is 2.75 bits per heavy atom. The molecule has 0 aliphatic carbocycles. The summed E-state index contributed by atoms with van der Waals surface area (Å²) in [6.07, 6.45) is 0. The standard InChI is InChI=1S/C15H13ClFNO2/c1-20-15(19)10-4-2-5-11(8-10)18-9-12-13(16)6-3-7-14(12)17/h2-8,18H,9H2,1H3. The first-order valence-electron chi connectivity index (χ1n) is 5.97. The molecule has 104 valence electrons. The number of carbonyl (C=O) groups excluding carboxylic acids is 1. The summed E-state index contributed by atoms with van der Waals surface area (Å²) < 4.78 is 18.3. The van der Waals surface area contributed by atoms with E-state index in [9.17, 15) is 9.18 Å². The number of benzene rings is 2. The number of rotatable bonds is 4. The Morgan fingerprint density at radius 2 is 2.05 bits per heavy atom. The Morgan fingerprint density at radius 1 is 1.30 bits per heavy atom. The van der Waals surface area contributed by atoms with Crippen LogP contribution < -0.4 is 5.32 Å². The molecule has 0 aliphatic heterocycles. The third-order valence-electron chi connectivity index (χ3n) is 2.81. The molecule has 0 atom stereocenters. The van der Waals surface area contributed by atoms with Crippen LogP contribution >= 0.6 is 11.6 Å². The summed E-state index contributed by atoms with van der Waals surface area (Å²) >= 11 is 5.95. The van der Waals surface area contributed by atoms with Gasteiger partial charge in [-0.1, -0.05) is 23.7 Å². The van der Waals surface area contributed by atoms with Crippen LogP contribution in [0.1, 0.15) is 15.9 Å². The zero-order valence-corrected chi connectivity index (χ0v) is 11.6. The second kappa shape index (κ2) is 6.39. The molecule has 0 saturated heterocycles. The Bertz CT molecular complexity index is 611. The lowest BCUT2D eigenvalue weighted by molar-refractivity contribution is 0.0601.